The highest BCUT2D eigenvalue weighted by atomic mass is 127. The molecule has 0 saturated carbocycles. The minimum atomic E-state index is -4.52. The summed E-state index contributed by atoms with van der Waals surface area (Å²) in [6, 6.07) is 18.9. The third-order valence-electron chi connectivity index (χ3n) is 13.3. The lowest BCUT2D eigenvalue weighted by atomic mass is 9.96. The Bertz CT molecular complexity index is 3300. The monoisotopic (exact) mass is 1230 g/mol. The number of alkyl halides is 6. The van der Waals surface area contributed by atoms with E-state index >= 15 is 0 Å². The van der Waals surface area contributed by atoms with Gasteiger partial charge in [-0.3, -0.25) is 38.9 Å². The smallest absolute Gasteiger partial charge is 0.369 e. The van der Waals surface area contributed by atoms with Crippen molar-refractivity contribution in [2.75, 3.05) is 66.5 Å². The van der Waals surface area contributed by atoms with Crippen LogP contribution in [-0.2, 0) is 60.7 Å². The third kappa shape index (κ3) is 19.7. The number of piperazine rings is 2. The third-order valence-corrected chi connectivity index (χ3v) is 14.5. The van der Waals surface area contributed by atoms with E-state index in [1.54, 1.807) is 42.5 Å². The van der Waals surface area contributed by atoms with Crippen molar-refractivity contribution < 1.29 is 45.5 Å². The number of hydrogen-bond donors (Lipinski definition) is 2. The Morgan fingerprint density at radius 2 is 0.988 bits per heavy atom. The number of benzene rings is 4. The van der Waals surface area contributed by atoms with Gasteiger partial charge in [-0.1, -0.05) is 54.5 Å². The van der Waals surface area contributed by atoms with Gasteiger partial charge in [-0.15, -0.1) is 6.42 Å². The first kappa shape index (κ1) is 62.8. The summed E-state index contributed by atoms with van der Waals surface area (Å²) in [4.78, 5) is 71.5. The number of nitrogens with zero attached hydrogens (tertiary/aromatic N) is 8. The van der Waals surface area contributed by atoms with Crippen LogP contribution in [0.15, 0.2) is 97.6 Å². The second-order valence-electron chi connectivity index (χ2n) is 19.8. The fourth-order valence-electron chi connectivity index (χ4n) is 8.56. The van der Waals surface area contributed by atoms with Crippen molar-refractivity contribution in [2.45, 2.75) is 65.0 Å². The molecule has 0 spiro atoms. The molecule has 0 atom stereocenters. The van der Waals surface area contributed by atoms with Crippen molar-refractivity contribution in [2.24, 2.45) is 11.5 Å². The summed E-state index contributed by atoms with van der Waals surface area (Å²) in [5, 5.41) is 0. The topological polar surface area (TPSA) is 185 Å². The molecule has 2 aliphatic heterocycles. The normalized spacial score (nSPS) is 14.2. The molecule has 0 unspecified atom stereocenters. The van der Waals surface area contributed by atoms with Gasteiger partial charge in [-0.2, -0.15) is 26.3 Å². The van der Waals surface area contributed by atoms with Gasteiger partial charge in [0.15, 0.2) is 11.6 Å². The first-order chi connectivity index (χ1) is 38.3. The van der Waals surface area contributed by atoms with Crippen LogP contribution in [0.1, 0.15) is 93.6 Å². The average Bonchev–Trinajstić information content (AvgIpc) is 3.41. The van der Waals surface area contributed by atoms with E-state index in [0.29, 0.717) is 63.7 Å². The highest BCUT2D eigenvalue weighted by Gasteiger charge is 2.36. The average molecular weight is 1230 g/mol. The number of nitrogens with two attached hydrogens (primary N) is 2. The summed E-state index contributed by atoms with van der Waals surface area (Å²) in [5.41, 5.74) is 15.1. The SMILES string of the molecule is C#Cc1cnc(CC(N)=O)cn1.Cc1ccc(C(=O)Cc2ccc(CN3CCN(C)CC3)c(C(F)(F)F)c2)cc1C#Cc1cnc(CC(N)=O)cn1.Cc1ccc(C(=O)Cc2ccc(CN3CCN(C)CC3)c(C(F)(F)F)c2)cc1I. The van der Waals surface area contributed by atoms with E-state index in [2.05, 4.69) is 70.1 Å². The lowest BCUT2D eigenvalue weighted by Gasteiger charge is -2.33. The van der Waals surface area contributed by atoms with Crippen molar-refractivity contribution in [3.8, 4) is 24.2 Å². The molecule has 0 aliphatic carbocycles. The summed E-state index contributed by atoms with van der Waals surface area (Å²) in [6.45, 7) is 10.5. The molecule has 2 aromatic heterocycles. The summed E-state index contributed by atoms with van der Waals surface area (Å²) < 4.78 is 83.9. The zero-order chi connectivity index (χ0) is 59.0. The predicted octanol–water partition coefficient (Wildman–Crippen LogP) is 7.68. The van der Waals surface area contributed by atoms with E-state index in [0.717, 1.165) is 66.1 Å². The standard InChI is InChI=1S/C30H30F3N5O2.C22H24F3IN2O.C8H7N3O/c1-20-3-5-23(15-22(20)7-8-25-17-36-26(18-35-25)16-29(34)40)28(39)14-21-4-6-24(27(13-21)30(31,32)33)19-38-11-9-37(2)10-12-38;1-15-3-5-17(13-20(15)26)21(29)12-16-4-6-18(19(11-16)22(23,24)25)14-28-9-7-27(2)8-10-28;1-2-6-4-11-7(5-10-6)3-8(9)12/h3-6,13,15,17-18H,9-12,14,16,19H2,1-2H3,(H2,34,40);3-6,11,13H,7-10,12,14H2,1-2H3;1,4-5H,3H2,(H2,9,12). The van der Waals surface area contributed by atoms with E-state index < -0.39 is 35.3 Å². The van der Waals surface area contributed by atoms with Crippen LogP contribution < -0.4 is 11.5 Å². The zero-order valence-corrected chi connectivity index (χ0v) is 47.4. The molecular weight excluding hydrogens is 1170 g/mol. The Morgan fingerprint density at radius 1 is 0.556 bits per heavy atom. The van der Waals surface area contributed by atoms with Crippen molar-refractivity contribution in [1.29, 1.82) is 0 Å². The number of carbonyl (C=O) groups is 4. The molecule has 8 rings (SSSR count). The Labute approximate surface area is 480 Å². The number of aromatic nitrogens is 4. The highest BCUT2D eigenvalue weighted by molar-refractivity contribution is 14.1. The molecule has 4 N–H and O–H groups in total. The van der Waals surface area contributed by atoms with Crippen LogP contribution in [0.4, 0.5) is 26.3 Å². The van der Waals surface area contributed by atoms with E-state index in [1.165, 1.54) is 36.9 Å². The number of Topliss-reactive ketones (excluding diaryl/α,β-unsaturated/α-hetero) is 2. The maximum atomic E-state index is 13.9. The number of ketones is 2. The summed E-state index contributed by atoms with van der Waals surface area (Å²) in [5.74, 6) is 6.74. The van der Waals surface area contributed by atoms with Crippen molar-refractivity contribution in [3.63, 3.8) is 0 Å². The lowest BCUT2D eigenvalue weighted by molar-refractivity contribution is -0.139. The van der Waals surface area contributed by atoms with Crippen LogP contribution in [0.5, 0.6) is 0 Å². The molecule has 81 heavy (non-hydrogen) atoms. The summed E-state index contributed by atoms with van der Waals surface area (Å²) in [7, 11) is 4.01. The molecule has 2 aliphatic rings. The fourth-order valence-corrected chi connectivity index (χ4v) is 9.07. The maximum absolute atomic E-state index is 13.9. The van der Waals surface area contributed by atoms with Gasteiger partial charge in [0.05, 0.1) is 60.1 Å². The number of aryl methyl sites for hydroxylation is 2. The van der Waals surface area contributed by atoms with Gasteiger partial charge in [-0.25, -0.2) is 9.97 Å². The van der Waals surface area contributed by atoms with Crippen molar-refractivity contribution in [1.82, 2.24) is 39.5 Å². The summed E-state index contributed by atoms with van der Waals surface area (Å²) in [6.07, 6.45) is 1.69. The Hall–Kier alpha value is -7.41. The van der Waals surface area contributed by atoms with E-state index in [-0.39, 0.29) is 61.5 Å². The molecule has 2 fully saturated rings. The number of amides is 2. The number of primary amides is 2. The van der Waals surface area contributed by atoms with Crippen LogP contribution in [0, 0.1) is 41.6 Å². The second-order valence-corrected chi connectivity index (χ2v) is 21.0. The molecule has 2 amide bonds. The summed E-state index contributed by atoms with van der Waals surface area (Å²) >= 11 is 2.15. The van der Waals surface area contributed by atoms with E-state index in [1.807, 2.05) is 43.8 Å². The largest absolute Gasteiger partial charge is 0.416 e. The quantitative estimate of drug-likeness (QED) is 0.0470. The van der Waals surface area contributed by atoms with Crippen molar-refractivity contribution in [3.05, 3.63) is 185 Å². The zero-order valence-electron chi connectivity index (χ0n) is 45.2. The van der Waals surface area contributed by atoms with Gasteiger partial charge in [0.1, 0.15) is 11.4 Å². The van der Waals surface area contributed by atoms with Gasteiger partial charge in [0.2, 0.25) is 11.8 Å². The van der Waals surface area contributed by atoms with Crippen LogP contribution in [-0.4, -0.2) is 129 Å². The number of terminal acetylenes is 1. The number of likely N-dealkylation sites (N-methyl/N-ethyl adjacent to an activating group) is 2. The Balaban J connectivity index is 0.000000223. The van der Waals surface area contributed by atoms with Gasteiger partial charge in [-0.05, 0) is 120 Å². The minimum absolute atomic E-state index is 0.0204. The maximum Gasteiger partial charge on any atom is 0.416 e. The first-order valence-corrected chi connectivity index (χ1v) is 26.7. The molecular formula is C60H61F6IN10O4. The minimum Gasteiger partial charge on any atom is -0.369 e. The number of rotatable bonds is 14. The van der Waals surface area contributed by atoms with Crippen LogP contribution in [0.3, 0.4) is 0 Å². The van der Waals surface area contributed by atoms with E-state index in [9.17, 15) is 45.5 Å². The molecule has 21 heteroatoms. The fraction of sp³-hybridized carbons (Fsp3) is 0.333. The Kier molecular flexibility index (Phi) is 22.3. The predicted molar refractivity (Wildman–Crippen MR) is 303 cm³/mol. The molecule has 4 heterocycles. The van der Waals surface area contributed by atoms with E-state index in [4.69, 9.17) is 17.9 Å². The van der Waals surface area contributed by atoms with Gasteiger partial charge in [0.25, 0.3) is 0 Å². The Morgan fingerprint density at radius 3 is 1.38 bits per heavy atom. The number of halogens is 7. The van der Waals surface area contributed by atoms with Crippen LogP contribution >= 0.6 is 22.6 Å². The number of carbonyl (C=O) groups excluding carboxylic acids is 4. The van der Waals surface area contributed by atoms with Crippen LogP contribution in [0.2, 0.25) is 0 Å². The molecule has 0 bridgehead atoms. The molecule has 424 valence electrons. The molecule has 0 radical (unpaired) electrons. The lowest BCUT2D eigenvalue weighted by Crippen LogP contribution is -2.44. The molecule has 6 aromatic rings. The molecule has 4 aromatic carbocycles. The highest BCUT2D eigenvalue weighted by Crippen LogP contribution is 2.35. The first-order valence-electron chi connectivity index (χ1n) is 25.6. The number of hydrogen-bond acceptors (Lipinski definition) is 12. The van der Waals surface area contributed by atoms with Crippen molar-refractivity contribution >= 4 is 46.0 Å². The molecule has 14 nitrogen and oxygen atoms in total. The van der Waals surface area contributed by atoms with Crippen LogP contribution in [0.25, 0.3) is 0 Å². The second kappa shape index (κ2) is 28.8. The molecule has 2 saturated heterocycles. The van der Waals surface area contributed by atoms with Gasteiger partial charge in [0, 0.05) is 98.5 Å². The van der Waals surface area contributed by atoms with Gasteiger partial charge >= 0.3 is 12.4 Å². The van der Waals surface area contributed by atoms with Gasteiger partial charge < -0.3 is 21.3 Å².